The van der Waals surface area contributed by atoms with Gasteiger partial charge in [0, 0.05) is 21.3 Å². The molecule has 0 saturated heterocycles. The first kappa shape index (κ1) is 20.9. The minimum atomic E-state index is 0.0677. The summed E-state index contributed by atoms with van der Waals surface area (Å²) in [6.45, 7) is 2.17. The summed E-state index contributed by atoms with van der Waals surface area (Å²) in [6.07, 6.45) is 5.00. The van der Waals surface area contributed by atoms with E-state index in [-0.39, 0.29) is 11.7 Å². The number of oxime groups is 1. The van der Waals surface area contributed by atoms with Crippen molar-refractivity contribution in [3.63, 3.8) is 0 Å². The molecular weight excluding hydrogens is 410 g/mol. The molecule has 0 bridgehead atoms. The molecule has 154 valence electrons. The number of nitrogens with zero attached hydrogens (tertiary/aromatic N) is 1. The highest BCUT2D eigenvalue weighted by molar-refractivity contribution is 7.99. The molecule has 4 rings (SSSR count). The maximum atomic E-state index is 12.4. The summed E-state index contributed by atoms with van der Waals surface area (Å²) in [5.74, 6) is 0.947. The van der Waals surface area contributed by atoms with Crippen molar-refractivity contribution in [2.24, 2.45) is 17.0 Å². The second-order valence-electron chi connectivity index (χ2n) is 7.78. The van der Waals surface area contributed by atoms with Gasteiger partial charge in [-0.05, 0) is 72.2 Å². The van der Waals surface area contributed by atoms with Crippen molar-refractivity contribution < 1.29 is 10.0 Å². The van der Waals surface area contributed by atoms with Crippen LogP contribution in [0.2, 0.25) is 0 Å². The predicted octanol–water partition coefficient (Wildman–Crippen LogP) is 7.13. The van der Waals surface area contributed by atoms with E-state index < -0.39 is 0 Å². The lowest BCUT2D eigenvalue weighted by molar-refractivity contribution is 0.104. The van der Waals surface area contributed by atoms with Crippen molar-refractivity contribution in [3.8, 4) is 0 Å². The fourth-order valence-electron chi connectivity index (χ4n) is 4.15. The highest BCUT2D eigenvalue weighted by Crippen LogP contribution is 2.34. The molecule has 30 heavy (non-hydrogen) atoms. The number of thiophene rings is 1. The minimum absolute atomic E-state index is 0.0677. The van der Waals surface area contributed by atoms with Crippen LogP contribution < -0.4 is 0 Å². The number of hydrogen-bond donors (Lipinski definition) is 1. The number of ketones is 1. The summed E-state index contributed by atoms with van der Waals surface area (Å²) in [5, 5.41) is 15.2. The topological polar surface area (TPSA) is 49.7 Å². The van der Waals surface area contributed by atoms with Crippen LogP contribution in [0, 0.1) is 11.8 Å². The Hall–Kier alpha value is -2.37. The molecule has 0 amide bonds. The number of carbonyl (C=O) groups is 1. The van der Waals surface area contributed by atoms with Gasteiger partial charge in [0.25, 0.3) is 0 Å². The van der Waals surface area contributed by atoms with Crippen LogP contribution in [-0.4, -0.2) is 16.7 Å². The van der Waals surface area contributed by atoms with Gasteiger partial charge in [-0.25, -0.2) is 0 Å². The number of benzene rings is 2. The Balaban J connectivity index is 1.42. The second-order valence-corrected chi connectivity index (χ2v) is 9.87. The zero-order valence-corrected chi connectivity index (χ0v) is 18.6. The fraction of sp³-hybridized carbons (Fsp3) is 0.280. The Morgan fingerprint density at radius 1 is 1.00 bits per heavy atom. The molecule has 1 aliphatic rings. The molecule has 1 aromatic heterocycles. The molecule has 1 saturated carbocycles. The molecule has 1 atom stereocenters. The van der Waals surface area contributed by atoms with Crippen LogP contribution >= 0.6 is 23.1 Å². The molecule has 0 spiro atoms. The normalized spacial score (nSPS) is 16.0. The smallest absolute Gasteiger partial charge is 0.202 e. The van der Waals surface area contributed by atoms with Gasteiger partial charge >= 0.3 is 0 Å². The molecule has 1 N–H and O–H groups in total. The standard InChI is InChI=1S/C25H25NO2S2/c1-17(18-5-2-3-6-18)24(26-28)19-8-12-21(13-9-19)30-22-14-10-20(11-15-22)25(27)23-7-4-16-29-23/h4,7-18,28H,2-3,5-6H2,1H3. The van der Waals surface area contributed by atoms with Gasteiger partial charge in [-0.15, -0.1) is 11.3 Å². The van der Waals surface area contributed by atoms with Crippen molar-refractivity contribution in [3.05, 3.63) is 82.0 Å². The lowest BCUT2D eigenvalue weighted by Crippen LogP contribution is -2.20. The quantitative estimate of drug-likeness (QED) is 0.186. The van der Waals surface area contributed by atoms with Crippen LogP contribution in [0.1, 0.15) is 53.4 Å². The summed E-state index contributed by atoms with van der Waals surface area (Å²) in [5.41, 5.74) is 2.48. The molecule has 0 aliphatic heterocycles. The van der Waals surface area contributed by atoms with Crippen LogP contribution in [-0.2, 0) is 0 Å². The molecule has 3 aromatic rings. The van der Waals surface area contributed by atoms with Crippen molar-refractivity contribution in [2.75, 3.05) is 0 Å². The van der Waals surface area contributed by atoms with E-state index in [1.54, 1.807) is 11.8 Å². The van der Waals surface area contributed by atoms with E-state index in [1.807, 2.05) is 53.9 Å². The first-order valence-electron chi connectivity index (χ1n) is 10.3. The van der Waals surface area contributed by atoms with E-state index in [2.05, 4.69) is 24.2 Å². The zero-order chi connectivity index (χ0) is 20.9. The second kappa shape index (κ2) is 9.63. The largest absolute Gasteiger partial charge is 0.411 e. The Morgan fingerprint density at radius 2 is 1.60 bits per heavy atom. The third-order valence-electron chi connectivity index (χ3n) is 5.89. The van der Waals surface area contributed by atoms with Gasteiger partial charge in [-0.2, -0.15) is 0 Å². The molecular formula is C25H25NO2S2. The Kier molecular flexibility index (Phi) is 6.70. The Morgan fingerprint density at radius 3 is 2.13 bits per heavy atom. The lowest BCUT2D eigenvalue weighted by Gasteiger charge is -2.20. The summed E-state index contributed by atoms with van der Waals surface area (Å²) in [7, 11) is 0. The summed E-state index contributed by atoms with van der Waals surface area (Å²) < 4.78 is 0. The molecule has 2 aromatic carbocycles. The lowest BCUT2D eigenvalue weighted by atomic mass is 9.85. The van der Waals surface area contributed by atoms with Crippen LogP contribution in [0.4, 0.5) is 0 Å². The summed E-state index contributed by atoms with van der Waals surface area (Å²) in [4.78, 5) is 15.4. The van der Waals surface area contributed by atoms with Gasteiger partial charge in [0.15, 0.2) is 0 Å². The van der Waals surface area contributed by atoms with E-state index >= 15 is 0 Å². The first-order valence-corrected chi connectivity index (χ1v) is 12.0. The number of rotatable bonds is 7. The van der Waals surface area contributed by atoms with Crippen LogP contribution in [0.5, 0.6) is 0 Å². The van der Waals surface area contributed by atoms with E-state index in [0.29, 0.717) is 11.5 Å². The molecule has 5 heteroatoms. The van der Waals surface area contributed by atoms with Gasteiger partial charge in [-0.3, -0.25) is 4.79 Å². The zero-order valence-electron chi connectivity index (χ0n) is 17.0. The molecule has 0 radical (unpaired) electrons. The Bertz CT molecular complexity index is 1000. The van der Waals surface area contributed by atoms with E-state index in [1.165, 1.54) is 37.0 Å². The van der Waals surface area contributed by atoms with Gasteiger partial charge in [-0.1, -0.05) is 54.9 Å². The van der Waals surface area contributed by atoms with Crippen LogP contribution in [0.15, 0.2) is 81.0 Å². The molecule has 1 aliphatic carbocycles. The minimum Gasteiger partial charge on any atom is -0.411 e. The average Bonchev–Trinajstić information content (AvgIpc) is 3.50. The van der Waals surface area contributed by atoms with Crippen molar-refractivity contribution in [1.29, 1.82) is 0 Å². The maximum absolute atomic E-state index is 12.4. The first-order chi connectivity index (χ1) is 14.7. The van der Waals surface area contributed by atoms with Crippen molar-refractivity contribution in [1.82, 2.24) is 0 Å². The van der Waals surface area contributed by atoms with E-state index in [4.69, 9.17) is 0 Å². The number of carbonyl (C=O) groups excluding carboxylic acids is 1. The van der Waals surface area contributed by atoms with Crippen molar-refractivity contribution >= 4 is 34.6 Å². The Labute approximate surface area is 185 Å². The molecule has 1 unspecified atom stereocenters. The van der Waals surface area contributed by atoms with Crippen LogP contribution in [0.3, 0.4) is 0 Å². The van der Waals surface area contributed by atoms with E-state index in [9.17, 15) is 10.0 Å². The fourth-order valence-corrected chi connectivity index (χ4v) is 5.65. The van der Waals surface area contributed by atoms with E-state index in [0.717, 1.165) is 25.9 Å². The highest BCUT2D eigenvalue weighted by atomic mass is 32.2. The number of hydrogen-bond acceptors (Lipinski definition) is 5. The summed E-state index contributed by atoms with van der Waals surface area (Å²) in [6, 6.07) is 19.7. The molecule has 1 heterocycles. The van der Waals surface area contributed by atoms with Gasteiger partial charge < -0.3 is 5.21 Å². The SMILES string of the molecule is CC(C(=NO)c1ccc(Sc2ccc(C(=O)c3cccs3)cc2)cc1)C1CCCC1. The molecule has 1 fully saturated rings. The third-order valence-corrected chi connectivity index (χ3v) is 7.78. The summed E-state index contributed by atoms with van der Waals surface area (Å²) >= 11 is 3.12. The van der Waals surface area contributed by atoms with Gasteiger partial charge in [0.05, 0.1) is 10.6 Å². The predicted molar refractivity (Wildman–Crippen MR) is 124 cm³/mol. The third kappa shape index (κ3) is 4.68. The van der Waals surface area contributed by atoms with Crippen LogP contribution in [0.25, 0.3) is 0 Å². The molecule has 3 nitrogen and oxygen atoms in total. The monoisotopic (exact) mass is 435 g/mol. The maximum Gasteiger partial charge on any atom is 0.202 e. The average molecular weight is 436 g/mol. The highest BCUT2D eigenvalue weighted by Gasteiger charge is 2.26. The van der Waals surface area contributed by atoms with Crippen molar-refractivity contribution in [2.45, 2.75) is 42.4 Å². The van der Waals surface area contributed by atoms with Gasteiger partial charge in [0.1, 0.15) is 0 Å². The van der Waals surface area contributed by atoms with Gasteiger partial charge in [0.2, 0.25) is 5.78 Å².